The summed E-state index contributed by atoms with van der Waals surface area (Å²) in [7, 11) is 0. The molecule has 2 rings (SSSR count). The highest BCUT2D eigenvalue weighted by atomic mass is 32.1. The van der Waals surface area contributed by atoms with Gasteiger partial charge in [0.25, 0.3) is 0 Å². The first-order valence-corrected chi connectivity index (χ1v) is 5.57. The Morgan fingerprint density at radius 3 is 3.12 bits per heavy atom. The van der Waals surface area contributed by atoms with Crippen LogP contribution in [0.25, 0.3) is 0 Å². The minimum absolute atomic E-state index is 0.633. The van der Waals surface area contributed by atoms with Crippen LogP contribution < -0.4 is 5.32 Å². The zero-order chi connectivity index (χ0) is 11.4. The van der Waals surface area contributed by atoms with E-state index in [1.165, 1.54) is 11.5 Å². The molecule has 0 aliphatic carbocycles. The van der Waals surface area contributed by atoms with Crippen molar-refractivity contribution < 1.29 is 0 Å². The van der Waals surface area contributed by atoms with Crippen LogP contribution in [-0.4, -0.2) is 9.36 Å². The summed E-state index contributed by atoms with van der Waals surface area (Å²) in [5.41, 5.74) is 2.49. The molecule has 2 aromatic heterocycles. The molecule has 0 aliphatic heterocycles. The summed E-state index contributed by atoms with van der Waals surface area (Å²) in [6.45, 7) is 2.49. The highest BCUT2D eigenvalue weighted by molar-refractivity contribution is 7.10. The summed E-state index contributed by atoms with van der Waals surface area (Å²) in [6.07, 6.45) is 3.54. The second kappa shape index (κ2) is 4.73. The third-order valence-electron chi connectivity index (χ3n) is 2.15. The summed E-state index contributed by atoms with van der Waals surface area (Å²) in [5.74, 6) is 0. The summed E-state index contributed by atoms with van der Waals surface area (Å²) in [6, 6.07) is 6.02. The zero-order valence-electron chi connectivity index (χ0n) is 8.77. The van der Waals surface area contributed by atoms with E-state index in [0.717, 1.165) is 16.3 Å². The first-order chi connectivity index (χ1) is 7.81. The summed E-state index contributed by atoms with van der Waals surface area (Å²) >= 11 is 1.32. The van der Waals surface area contributed by atoms with Gasteiger partial charge in [-0.2, -0.15) is 9.64 Å². The number of nitrogens with one attached hydrogen (secondary N) is 1. The average Bonchev–Trinajstić information content (AvgIpc) is 2.68. The second-order valence-electron chi connectivity index (χ2n) is 3.30. The smallest absolute Gasteiger partial charge is 0.127 e. The largest absolute Gasteiger partial charge is 0.370 e. The molecular formula is C11H10N4S. The Kier molecular flexibility index (Phi) is 3.13. The predicted molar refractivity (Wildman–Crippen MR) is 63.1 cm³/mol. The number of nitriles is 1. The first kappa shape index (κ1) is 10.6. The van der Waals surface area contributed by atoms with Gasteiger partial charge in [-0.1, -0.05) is 6.07 Å². The minimum atomic E-state index is 0.633. The molecule has 2 heterocycles. The van der Waals surface area contributed by atoms with Gasteiger partial charge >= 0.3 is 0 Å². The van der Waals surface area contributed by atoms with Crippen molar-refractivity contribution >= 4 is 16.5 Å². The summed E-state index contributed by atoms with van der Waals surface area (Å²) in [4.78, 5) is 4.03. The fraction of sp³-hybridized carbons (Fsp3) is 0.182. The van der Waals surface area contributed by atoms with E-state index >= 15 is 0 Å². The molecule has 0 unspecified atom stereocenters. The van der Waals surface area contributed by atoms with E-state index in [-0.39, 0.29) is 0 Å². The van der Waals surface area contributed by atoms with Gasteiger partial charge in [-0.15, -0.1) is 0 Å². The Morgan fingerprint density at radius 2 is 2.44 bits per heavy atom. The summed E-state index contributed by atoms with van der Waals surface area (Å²) < 4.78 is 4.14. The van der Waals surface area contributed by atoms with Crippen molar-refractivity contribution in [2.24, 2.45) is 0 Å². The molecule has 0 aromatic carbocycles. The van der Waals surface area contributed by atoms with E-state index in [4.69, 9.17) is 5.26 Å². The van der Waals surface area contributed by atoms with Gasteiger partial charge < -0.3 is 5.32 Å². The van der Waals surface area contributed by atoms with Gasteiger partial charge in [-0.25, -0.2) is 0 Å². The molecule has 16 heavy (non-hydrogen) atoms. The Morgan fingerprint density at radius 1 is 1.56 bits per heavy atom. The normalized spacial score (nSPS) is 9.75. The Labute approximate surface area is 97.7 Å². The van der Waals surface area contributed by atoms with Gasteiger partial charge in [-0.3, -0.25) is 4.98 Å². The van der Waals surface area contributed by atoms with E-state index < -0.39 is 0 Å². The minimum Gasteiger partial charge on any atom is -0.370 e. The number of anilines is 1. The van der Waals surface area contributed by atoms with Crippen molar-refractivity contribution in [1.29, 1.82) is 5.26 Å². The van der Waals surface area contributed by atoms with Crippen LogP contribution in [0.5, 0.6) is 0 Å². The zero-order valence-corrected chi connectivity index (χ0v) is 9.58. The number of pyridine rings is 1. The monoisotopic (exact) mass is 230 g/mol. The molecular weight excluding hydrogens is 220 g/mol. The molecule has 0 aliphatic rings. The van der Waals surface area contributed by atoms with Gasteiger partial charge in [-0.05, 0) is 30.1 Å². The maximum absolute atomic E-state index is 8.95. The third-order valence-corrected chi connectivity index (χ3v) is 3.05. The van der Waals surface area contributed by atoms with Crippen LogP contribution in [-0.2, 0) is 6.54 Å². The molecule has 0 spiro atoms. The maximum Gasteiger partial charge on any atom is 0.127 e. The lowest BCUT2D eigenvalue weighted by Gasteiger charge is -2.02. The number of nitrogens with zero attached hydrogens (tertiary/aromatic N) is 3. The molecule has 0 bridgehead atoms. The van der Waals surface area contributed by atoms with Crippen molar-refractivity contribution in [3.05, 3.63) is 41.3 Å². The SMILES string of the molecule is Cc1nsc(NCc2cccnc2)c1C#N. The Balaban J connectivity index is 2.09. The van der Waals surface area contributed by atoms with Crippen LogP contribution in [0.2, 0.25) is 0 Å². The molecule has 4 nitrogen and oxygen atoms in total. The molecule has 1 N–H and O–H groups in total. The van der Waals surface area contributed by atoms with Crippen LogP contribution in [0, 0.1) is 18.3 Å². The van der Waals surface area contributed by atoms with Crippen LogP contribution in [0.4, 0.5) is 5.00 Å². The van der Waals surface area contributed by atoms with E-state index in [1.807, 2.05) is 19.1 Å². The van der Waals surface area contributed by atoms with E-state index in [0.29, 0.717) is 12.1 Å². The maximum atomic E-state index is 8.95. The quantitative estimate of drug-likeness (QED) is 0.879. The van der Waals surface area contributed by atoms with Crippen molar-refractivity contribution in [1.82, 2.24) is 9.36 Å². The molecule has 5 heteroatoms. The third kappa shape index (κ3) is 2.18. The Hall–Kier alpha value is -1.93. The highest BCUT2D eigenvalue weighted by Crippen LogP contribution is 2.23. The van der Waals surface area contributed by atoms with E-state index in [9.17, 15) is 0 Å². The lowest BCUT2D eigenvalue weighted by molar-refractivity contribution is 1.12. The fourth-order valence-corrected chi connectivity index (χ4v) is 2.05. The molecule has 2 aromatic rings. The van der Waals surface area contributed by atoms with Gasteiger partial charge in [0.2, 0.25) is 0 Å². The molecule has 0 amide bonds. The van der Waals surface area contributed by atoms with Crippen molar-refractivity contribution in [2.75, 3.05) is 5.32 Å². The van der Waals surface area contributed by atoms with Crippen LogP contribution >= 0.6 is 11.5 Å². The van der Waals surface area contributed by atoms with Crippen LogP contribution in [0.1, 0.15) is 16.8 Å². The van der Waals surface area contributed by atoms with Gasteiger partial charge in [0.1, 0.15) is 16.6 Å². The van der Waals surface area contributed by atoms with Crippen molar-refractivity contribution in [3.63, 3.8) is 0 Å². The molecule has 0 saturated carbocycles. The lowest BCUT2D eigenvalue weighted by atomic mass is 10.2. The number of aromatic nitrogens is 2. The van der Waals surface area contributed by atoms with Gasteiger partial charge in [0.15, 0.2) is 0 Å². The van der Waals surface area contributed by atoms with Crippen molar-refractivity contribution in [2.45, 2.75) is 13.5 Å². The summed E-state index contributed by atoms with van der Waals surface area (Å²) in [5, 5.41) is 13.0. The topological polar surface area (TPSA) is 61.6 Å². The second-order valence-corrected chi connectivity index (χ2v) is 4.07. The number of hydrogen-bond donors (Lipinski definition) is 1. The molecule has 0 radical (unpaired) electrons. The van der Waals surface area contributed by atoms with Crippen LogP contribution in [0.15, 0.2) is 24.5 Å². The Bertz CT molecular complexity index is 513. The number of rotatable bonds is 3. The molecule has 80 valence electrons. The van der Waals surface area contributed by atoms with Gasteiger partial charge in [0.05, 0.1) is 5.69 Å². The van der Waals surface area contributed by atoms with Crippen molar-refractivity contribution in [3.8, 4) is 6.07 Å². The molecule has 0 saturated heterocycles. The lowest BCUT2D eigenvalue weighted by Crippen LogP contribution is -1.99. The fourth-order valence-electron chi connectivity index (χ4n) is 1.31. The van der Waals surface area contributed by atoms with E-state index in [2.05, 4.69) is 20.7 Å². The highest BCUT2D eigenvalue weighted by Gasteiger charge is 2.08. The van der Waals surface area contributed by atoms with E-state index in [1.54, 1.807) is 12.4 Å². The predicted octanol–water partition coefficient (Wildman–Crippen LogP) is 2.33. The molecule has 0 fully saturated rings. The van der Waals surface area contributed by atoms with Gasteiger partial charge in [0, 0.05) is 18.9 Å². The van der Waals surface area contributed by atoms with Crippen LogP contribution in [0.3, 0.4) is 0 Å². The number of hydrogen-bond acceptors (Lipinski definition) is 5. The first-order valence-electron chi connectivity index (χ1n) is 4.80. The standard InChI is InChI=1S/C11H10N4S/c1-8-10(5-12)11(16-15-8)14-7-9-3-2-4-13-6-9/h2-4,6,14H,7H2,1H3. The number of aryl methyl sites for hydroxylation is 1. The average molecular weight is 230 g/mol. The molecule has 0 atom stereocenters.